The average molecular weight is 256 g/mol. The van der Waals surface area contributed by atoms with Crippen molar-refractivity contribution in [2.24, 2.45) is 0 Å². The van der Waals surface area contributed by atoms with Crippen LogP contribution in [-0.2, 0) is 8.85 Å². The summed E-state index contributed by atoms with van der Waals surface area (Å²) in [6, 6.07) is 0. The van der Waals surface area contributed by atoms with E-state index in [0.29, 0.717) is 0 Å². The van der Waals surface area contributed by atoms with Gasteiger partial charge in [-0.05, 0) is 39.5 Å². The number of hydrogen-bond donors (Lipinski definition) is 0. The molecule has 2 saturated carbocycles. The molecule has 100 valence electrons. The third-order valence-electron chi connectivity index (χ3n) is 4.64. The molecule has 2 nitrogen and oxygen atoms in total. The van der Waals surface area contributed by atoms with Crippen LogP contribution in [0.25, 0.3) is 0 Å². The average Bonchev–Trinajstić information content (AvgIpc) is 2.30. The Kier molecular flexibility index (Phi) is 4.67. The fourth-order valence-corrected chi connectivity index (χ4v) is 4.41. The lowest BCUT2D eigenvalue weighted by atomic mass is 9.87. The Hall–Kier alpha value is 0.137. The molecule has 0 radical (unpaired) electrons. The molecule has 0 amide bonds. The maximum absolute atomic E-state index is 6.16. The maximum atomic E-state index is 6.16. The monoisotopic (exact) mass is 256 g/mol. The summed E-state index contributed by atoms with van der Waals surface area (Å²) in [5.41, 5.74) is 0.297. The van der Waals surface area contributed by atoms with Crippen molar-refractivity contribution in [1.29, 1.82) is 0 Å². The minimum atomic E-state index is -0.792. The first kappa shape index (κ1) is 13.6. The second-order valence-corrected chi connectivity index (χ2v) is 7.24. The van der Waals surface area contributed by atoms with Crippen molar-refractivity contribution in [3.05, 3.63) is 0 Å². The van der Waals surface area contributed by atoms with Gasteiger partial charge in [0.05, 0.1) is 11.2 Å². The van der Waals surface area contributed by atoms with Gasteiger partial charge >= 0.3 is 10.0 Å². The molecule has 2 rings (SSSR count). The molecule has 2 fully saturated rings. The predicted octanol–water partition coefficient (Wildman–Crippen LogP) is 3.46. The summed E-state index contributed by atoms with van der Waals surface area (Å²) in [4.78, 5) is 0. The molecule has 0 saturated heterocycles. The molecular formula is C14H28O2Si. The highest BCUT2D eigenvalue weighted by molar-refractivity contribution is 6.18. The van der Waals surface area contributed by atoms with Gasteiger partial charge in [0, 0.05) is 0 Å². The zero-order valence-corrected chi connectivity index (χ0v) is 13.0. The Labute approximate surface area is 109 Å². The first-order valence-corrected chi connectivity index (χ1v) is 8.55. The Morgan fingerprint density at radius 1 is 0.647 bits per heavy atom. The molecule has 0 aliphatic heterocycles. The van der Waals surface area contributed by atoms with Gasteiger partial charge in [0.2, 0.25) is 0 Å². The molecule has 3 heteroatoms. The molecule has 0 heterocycles. The Balaban J connectivity index is 1.70. The molecule has 17 heavy (non-hydrogen) atoms. The van der Waals surface area contributed by atoms with Gasteiger partial charge in [-0.2, -0.15) is 0 Å². The van der Waals surface area contributed by atoms with E-state index in [1.54, 1.807) is 0 Å². The Morgan fingerprint density at radius 3 is 1.35 bits per heavy atom. The van der Waals surface area contributed by atoms with Gasteiger partial charge in [-0.1, -0.05) is 38.5 Å². The van der Waals surface area contributed by atoms with E-state index in [4.69, 9.17) is 8.85 Å². The lowest BCUT2D eigenvalue weighted by Gasteiger charge is -2.38. The molecule has 0 aromatic rings. The smallest absolute Gasteiger partial charge is 0.305 e. The van der Waals surface area contributed by atoms with Crippen molar-refractivity contribution in [1.82, 2.24) is 0 Å². The van der Waals surface area contributed by atoms with E-state index in [2.05, 4.69) is 13.8 Å². The van der Waals surface area contributed by atoms with Gasteiger partial charge < -0.3 is 8.85 Å². The van der Waals surface area contributed by atoms with Gasteiger partial charge in [0.15, 0.2) is 0 Å². The van der Waals surface area contributed by atoms with Crippen LogP contribution < -0.4 is 0 Å². The maximum Gasteiger partial charge on any atom is 0.305 e. The van der Waals surface area contributed by atoms with E-state index in [-0.39, 0.29) is 11.2 Å². The summed E-state index contributed by atoms with van der Waals surface area (Å²) in [6.45, 7) is 4.57. The second kappa shape index (κ2) is 5.85. The third-order valence-corrected chi connectivity index (χ3v) is 6.27. The molecule has 0 atom stereocenters. The zero-order chi connectivity index (χ0) is 12.2. The molecule has 0 aromatic heterocycles. The summed E-state index contributed by atoms with van der Waals surface area (Å²) >= 11 is 0. The van der Waals surface area contributed by atoms with Crippen LogP contribution in [0.1, 0.15) is 78.1 Å². The predicted molar refractivity (Wildman–Crippen MR) is 73.7 cm³/mol. The fraction of sp³-hybridized carbons (Fsp3) is 1.00. The zero-order valence-electron chi connectivity index (χ0n) is 11.6. The fourth-order valence-electron chi connectivity index (χ4n) is 3.20. The molecule has 0 N–H and O–H groups in total. The summed E-state index contributed by atoms with van der Waals surface area (Å²) in [7, 11) is -0.792. The molecular weight excluding hydrogens is 228 g/mol. The SMILES string of the molecule is CC1(O[SiH2]OC2(C)CCCCC2)CCCCC1. The summed E-state index contributed by atoms with van der Waals surface area (Å²) in [6.07, 6.45) is 13.1. The van der Waals surface area contributed by atoms with Gasteiger partial charge in [-0.25, -0.2) is 0 Å². The molecule has 0 spiro atoms. The van der Waals surface area contributed by atoms with Crippen LogP contribution in [0.15, 0.2) is 0 Å². The van der Waals surface area contributed by atoms with Crippen molar-refractivity contribution in [3.63, 3.8) is 0 Å². The quantitative estimate of drug-likeness (QED) is 0.717. The Bertz CT molecular complexity index is 206. The Morgan fingerprint density at radius 2 is 1.00 bits per heavy atom. The van der Waals surface area contributed by atoms with Crippen molar-refractivity contribution in [3.8, 4) is 0 Å². The first-order chi connectivity index (χ1) is 8.12. The van der Waals surface area contributed by atoms with Crippen molar-refractivity contribution in [2.75, 3.05) is 0 Å². The standard InChI is InChI=1S/C14H28O2Si/c1-13(9-5-3-6-10-13)15-17-16-14(2)11-7-4-8-12-14/h3-12,17H2,1-2H3. The summed E-state index contributed by atoms with van der Waals surface area (Å²) in [5, 5.41) is 0. The van der Waals surface area contributed by atoms with Crippen molar-refractivity contribution >= 4 is 10.0 Å². The van der Waals surface area contributed by atoms with Crippen molar-refractivity contribution < 1.29 is 8.85 Å². The molecule has 0 bridgehead atoms. The molecule has 0 aromatic carbocycles. The van der Waals surface area contributed by atoms with E-state index in [1.165, 1.54) is 64.2 Å². The van der Waals surface area contributed by atoms with Gasteiger partial charge in [-0.15, -0.1) is 0 Å². The molecule has 2 aliphatic rings. The van der Waals surface area contributed by atoms with Crippen LogP contribution in [-0.4, -0.2) is 21.2 Å². The van der Waals surface area contributed by atoms with E-state index < -0.39 is 10.0 Å². The lowest BCUT2D eigenvalue weighted by molar-refractivity contribution is -0.0161. The van der Waals surface area contributed by atoms with E-state index in [1.807, 2.05) is 0 Å². The van der Waals surface area contributed by atoms with Gasteiger partial charge in [0.25, 0.3) is 0 Å². The van der Waals surface area contributed by atoms with E-state index in [0.717, 1.165) is 0 Å². The third kappa shape index (κ3) is 4.07. The highest BCUT2D eigenvalue weighted by Gasteiger charge is 2.31. The summed E-state index contributed by atoms with van der Waals surface area (Å²) < 4.78 is 12.3. The highest BCUT2D eigenvalue weighted by Crippen LogP contribution is 2.33. The normalized spacial score (nSPS) is 27.9. The van der Waals surface area contributed by atoms with Crippen LogP contribution in [0.4, 0.5) is 0 Å². The van der Waals surface area contributed by atoms with Crippen LogP contribution in [0.5, 0.6) is 0 Å². The first-order valence-electron chi connectivity index (χ1n) is 7.40. The largest absolute Gasteiger partial charge is 0.393 e. The van der Waals surface area contributed by atoms with E-state index >= 15 is 0 Å². The topological polar surface area (TPSA) is 18.5 Å². The molecule has 2 aliphatic carbocycles. The molecule has 0 unspecified atom stereocenters. The lowest BCUT2D eigenvalue weighted by Crippen LogP contribution is -2.38. The van der Waals surface area contributed by atoms with Crippen LogP contribution in [0, 0.1) is 0 Å². The van der Waals surface area contributed by atoms with Crippen LogP contribution >= 0.6 is 0 Å². The van der Waals surface area contributed by atoms with Gasteiger partial charge in [0.1, 0.15) is 0 Å². The summed E-state index contributed by atoms with van der Waals surface area (Å²) in [5.74, 6) is 0. The van der Waals surface area contributed by atoms with E-state index in [9.17, 15) is 0 Å². The van der Waals surface area contributed by atoms with Crippen LogP contribution in [0.3, 0.4) is 0 Å². The minimum absolute atomic E-state index is 0.148. The minimum Gasteiger partial charge on any atom is -0.393 e. The number of hydrogen-bond acceptors (Lipinski definition) is 2. The van der Waals surface area contributed by atoms with Crippen LogP contribution in [0.2, 0.25) is 0 Å². The van der Waals surface area contributed by atoms with Gasteiger partial charge in [-0.3, -0.25) is 0 Å². The van der Waals surface area contributed by atoms with Crippen molar-refractivity contribution in [2.45, 2.75) is 89.3 Å². The number of rotatable bonds is 4. The highest BCUT2D eigenvalue weighted by atomic mass is 28.3. The second-order valence-electron chi connectivity index (χ2n) is 6.43.